The predicted molar refractivity (Wildman–Crippen MR) is 115 cm³/mol. The van der Waals surface area contributed by atoms with Gasteiger partial charge in [0.15, 0.2) is 6.61 Å². The minimum Gasteiger partial charge on any atom is -0.494 e. The zero-order valence-electron chi connectivity index (χ0n) is 17.7. The van der Waals surface area contributed by atoms with E-state index >= 15 is 0 Å². The Hall–Kier alpha value is -3.58. The van der Waals surface area contributed by atoms with Gasteiger partial charge in [-0.2, -0.15) is 4.31 Å². The highest BCUT2D eigenvalue weighted by molar-refractivity contribution is 7.89. The Bertz CT molecular complexity index is 1130. The van der Waals surface area contributed by atoms with Crippen molar-refractivity contribution in [3.63, 3.8) is 0 Å². The monoisotopic (exact) mass is 478 g/mol. The molecular weight excluding hydrogens is 456 g/mol. The van der Waals surface area contributed by atoms with Crippen LogP contribution in [0.1, 0.15) is 12.8 Å². The van der Waals surface area contributed by atoms with Crippen molar-refractivity contribution in [2.45, 2.75) is 17.7 Å². The number of nitro groups is 1. The molecule has 13 heteroatoms. The summed E-state index contributed by atoms with van der Waals surface area (Å²) in [4.78, 5) is 38.7. The Morgan fingerprint density at radius 3 is 2.61 bits per heavy atom. The third kappa shape index (κ3) is 5.81. The number of hydrogen-bond acceptors (Lipinski definition) is 9. The molecule has 0 radical (unpaired) electrons. The summed E-state index contributed by atoms with van der Waals surface area (Å²) < 4.78 is 36.7. The Labute approximate surface area is 189 Å². The number of piperidine rings is 1. The number of amides is 1. The van der Waals surface area contributed by atoms with E-state index < -0.39 is 39.3 Å². The quantitative estimate of drug-likeness (QED) is 0.338. The molecule has 1 N–H and O–H groups in total. The third-order valence-corrected chi connectivity index (χ3v) is 6.96. The maximum Gasteiger partial charge on any atom is 0.309 e. The molecule has 12 nitrogen and oxygen atoms in total. The SMILES string of the molecule is COc1cc([N+](=O)[O-])ccc1NC(=O)COC(=O)C1CCN(S(=O)(=O)c2cccnc2)CC1. The molecule has 2 aromatic rings. The molecule has 0 aliphatic carbocycles. The number of benzene rings is 1. The number of carbonyl (C=O) groups is 2. The third-order valence-electron chi connectivity index (χ3n) is 5.07. The average molecular weight is 478 g/mol. The van der Waals surface area contributed by atoms with E-state index in [0.717, 1.165) is 6.07 Å². The van der Waals surface area contributed by atoms with Gasteiger partial charge in [0.1, 0.15) is 10.6 Å². The van der Waals surface area contributed by atoms with Crippen LogP contribution in [0.5, 0.6) is 5.75 Å². The first kappa shape index (κ1) is 24.1. The second-order valence-electron chi connectivity index (χ2n) is 7.16. The van der Waals surface area contributed by atoms with Crippen LogP contribution in [0.25, 0.3) is 0 Å². The number of anilines is 1. The Morgan fingerprint density at radius 1 is 1.27 bits per heavy atom. The Balaban J connectivity index is 1.50. The van der Waals surface area contributed by atoms with Crippen molar-refractivity contribution in [1.29, 1.82) is 0 Å². The fraction of sp³-hybridized carbons (Fsp3) is 0.350. The summed E-state index contributed by atoms with van der Waals surface area (Å²) >= 11 is 0. The van der Waals surface area contributed by atoms with Crippen molar-refractivity contribution >= 4 is 33.3 Å². The second-order valence-corrected chi connectivity index (χ2v) is 9.10. The van der Waals surface area contributed by atoms with Crippen molar-refractivity contribution in [2.75, 3.05) is 32.1 Å². The average Bonchev–Trinajstić information content (AvgIpc) is 2.83. The molecular formula is C20H22N4O8S. The van der Waals surface area contributed by atoms with E-state index in [1.165, 1.54) is 48.1 Å². The summed E-state index contributed by atoms with van der Waals surface area (Å²) in [7, 11) is -2.38. The van der Waals surface area contributed by atoms with E-state index in [4.69, 9.17) is 9.47 Å². The van der Waals surface area contributed by atoms with Crippen LogP contribution < -0.4 is 10.1 Å². The van der Waals surface area contributed by atoms with Gasteiger partial charge in [-0.15, -0.1) is 0 Å². The van der Waals surface area contributed by atoms with E-state index in [9.17, 15) is 28.1 Å². The number of methoxy groups -OCH3 is 1. The summed E-state index contributed by atoms with van der Waals surface area (Å²) in [6, 6.07) is 6.68. The lowest BCUT2D eigenvalue weighted by Gasteiger charge is -2.29. The lowest BCUT2D eigenvalue weighted by molar-refractivity contribution is -0.384. The minimum absolute atomic E-state index is 0.0874. The number of nitro benzene ring substituents is 1. The molecule has 1 aliphatic rings. The van der Waals surface area contributed by atoms with Crippen LogP contribution in [0.4, 0.5) is 11.4 Å². The molecule has 0 bridgehead atoms. The summed E-state index contributed by atoms with van der Waals surface area (Å²) in [5.74, 6) is -1.69. The molecule has 0 spiro atoms. The van der Waals surface area contributed by atoms with Gasteiger partial charge in [-0.1, -0.05) is 0 Å². The number of esters is 1. The lowest BCUT2D eigenvalue weighted by atomic mass is 9.98. The number of nitrogens with one attached hydrogen (secondary N) is 1. The number of carbonyl (C=O) groups excluding carboxylic acids is 2. The maximum absolute atomic E-state index is 12.6. The first-order valence-electron chi connectivity index (χ1n) is 9.91. The van der Waals surface area contributed by atoms with Gasteiger partial charge >= 0.3 is 5.97 Å². The predicted octanol–water partition coefficient (Wildman–Crippen LogP) is 1.58. The topological polar surface area (TPSA) is 158 Å². The fourth-order valence-electron chi connectivity index (χ4n) is 3.32. The molecule has 176 valence electrons. The summed E-state index contributed by atoms with van der Waals surface area (Å²) in [5, 5.41) is 13.3. The smallest absolute Gasteiger partial charge is 0.309 e. The molecule has 3 rings (SSSR count). The van der Waals surface area contributed by atoms with Crippen molar-refractivity contribution in [3.05, 3.63) is 52.8 Å². The summed E-state index contributed by atoms with van der Waals surface area (Å²) in [5.41, 5.74) is -0.00812. The van der Waals surface area contributed by atoms with E-state index in [1.807, 2.05) is 0 Å². The van der Waals surface area contributed by atoms with Gasteiger partial charge in [-0.05, 0) is 31.0 Å². The molecule has 1 fully saturated rings. The lowest BCUT2D eigenvalue weighted by Crippen LogP contribution is -2.41. The van der Waals surface area contributed by atoms with Gasteiger partial charge in [0.25, 0.3) is 11.6 Å². The molecule has 1 aromatic heterocycles. The van der Waals surface area contributed by atoms with Gasteiger partial charge in [0.05, 0.1) is 29.7 Å². The Kier molecular flexibility index (Phi) is 7.55. The van der Waals surface area contributed by atoms with Crippen molar-refractivity contribution in [2.24, 2.45) is 5.92 Å². The highest BCUT2D eigenvalue weighted by atomic mass is 32.2. The van der Waals surface area contributed by atoms with E-state index in [1.54, 1.807) is 0 Å². The number of ether oxygens (including phenoxy) is 2. The number of aromatic nitrogens is 1. The molecule has 0 unspecified atom stereocenters. The summed E-state index contributed by atoms with van der Waals surface area (Å²) in [6.07, 6.45) is 3.27. The molecule has 2 heterocycles. The van der Waals surface area contributed by atoms with Crippen LogP contribution in [0, 0.1) is 16.0 Å². The van der Waals surface area contributed by atoms with Crippen molar-refractivity contribution < 1.29 is 32.4 Å². The minimum atomic E-state index is -3.69. The first-order valence-corrected chi connectivity index (χ1v) is 11.4. The van der Waals surface area contributed by atoms with Crippen LogP contribution in [0.15, 0.2) is 47.6 Å². The highest BCUT2D eigenvalue weighted by Crippen LogP contribution is 2.29. The molecule has 0 atom stereocenters. The van der Waals surface area contributed by atoms with Gasteiger partial charge in [0.2, 0.25) is 10.0 Å². The number of pyridine rings is 1. The zero-order valence-corrected chi connectivity index (χ0v) is 18.5. The molecule has 1 saturated heterocycles. The van der Waals surface area contributed by atoms with Crippen LogP contribution in [-0.2, 0) is 24.3 Å². The fourth-order valence-corrected chi connectivity index (χ4v) is 4.75. The second kappa shape index (κ2) is 10.4. The van der Waals surface area contributed by atoms with Crippen LogP contribution >= 0.6 is 0 Å². The molecule has 1 aliphatic heterocycles. The van der Waals surface area contributed by atoms with Crippen molar-refractivity contribution in [3.8, 4) is 5.75 Å². The van der Waals surface area contributed by atoms with Gasteiger partial charge in [-0.25, -0.2) is 8.42 Å². The summed E-state index contributed by atoms with van der Waals surface area (Å²) in [6.45, 7) is -0.278. The Morgan fingerprint density at radius 2 is 2.00 bits per heavy atom. The van der Waals surface area contributed by atoms with Crippen LogP contribution in [0.3, 0.4) is 0 Å². The number of sulfonamides is 1. The standard InChI is InChI=1S/C20H22N4O8S/c1-31-18-11-15(24(27)28)4-5-17(18)22-19(25)13-32-20(26)14-6-9-23(10-7-14)33(29,30)16-3-2-8-21-12-16/h2-5,8,11-12,14H,6-7,9-10,13H2,1H3,(H,22,25). The number of hydrogen-bond donors (Lipinski definition) is 1. The molecule has 1 amide bonds. The van der Waals surface area contributed by atoms with Gasteiger partial charge in [-0.3, -0.25) is 24.7 Å². The zero-order chi connectivity index (χ0) is 24.0. The van der Waals surface area contributed by atoms with Crippen LogP contribution in [-0.4, -0.2) is 61.3 Å². The molecule has 33 heavy (non-hydrogen) atoms. The van der Waals surface area contributed by atoms with Gasteiger partial charge < -0.3 is 14.8 Å². The first-order chi connectivity index (χ1) is 15.7. The maximum atomic E-state index is 12.6. The van der Waals surface area contributed by atoms with E-state index in [2.05, 4.69) is 10.3 Å². The largest absolute Gasteiger partial charge is 0.494 e. The number of rotatable bonds is 8. The van der Waals surface area contributed by atoms with Crippen LogP contribution in [0.2, 0.25) is 0 Å². The van der Waals surface area contributed by atoms with Crippen molar-refractivity contribution in [1.82, 2.24) is 9.29 Å². The number of non-ortho nitro benzene ring substituents is 1. The molecule has 1 aromatic carbocycles. The normalized spacial score (nSPS) is 14.9. The van der Waals surface area contributed by atoms with Gasteiger partial charge in [0, 0.05) is 31.5 Å². The van der Waals surface area contributed by atoms with E-state index in [-0.39, 0.29) is 48.0 Å². The number of nitrogens with zero attached hydrogens (tertiary/aromatic N) is 3. The highest BCUT2D eigenvalue weighted by Gasteiger charge is 2.33. The molecule has 0 saturated carbocycles. The van der Waals surface area contributed by atoms with E-state index in [0.29, 0.717) is 0 Å².